The van der Waals surface area contributed by atoms with Crippen LogP contribution in [0, 0.1) is 11.2 Å². The third kappa shape index (κ3) is 2.69. The van der Waals surface area contributed by atoms with Crippen molar-refractivity contribution in [3.05, 3.63) is 47.0 Å². The highest BCUT2D eigenvalue weighted by molar-refractivity contribution is 5.94. The van der Waals surface area contributed by atoms with Gasteiger partial charge in [-0.1, -0.05) is 0 Å². The number of aliphatic carboxylic acids is 1. The van der Waals surface area contributed by atoms with Gasteiger partial charge < -0.3 is 10.4 Å². The Balaban J connectivity index is 1.60. The Morgan fingerprint density at radius 1 is 1.24 bits per heavy atom. The van der Waals surface area contributed by atoms with Crippen LogP contribution in [0.1, 0.15) is 41.0 Å². The molecule has 0 spiro atoms. The van der Waals surface area contributed by atoms with Gasteiger partial charge in [0.05, 0.1) is 11.1 Å². The first-order valence-corrected chi connectivity index (χ1v) is 8.38. The first kappa shape index (κ1) is 15.8. The monoisotopic (exact) mass is 343 g/mol. The van der Waals surface area contributed by atoms with Gasteiger partial charge in [0.1, 0.15) is 5.82 Å². The maximum atomic E-state index is 13.2. The Hall–Kier alpha value is -2.70. The molecule has 0 atom stereocenters. The van der Waals surface area contributed by atoms with E-state index in [1.165, 1.54) is 12.1 Å². The van der Waals surface area contributed by atoms with Crippen LogP contribution in [0.2, 0.25) is 0 Å². The average molecular weight is 343 g/mol. The summed E-state index contributed by atoms with van der Waals surface area (Å²) in [6, 6.07) is 5.99. The second-order valence-corrected chi connectivity index (χ2v) is 6.78. The number of halogens is 1. The number of carbonyl (C=O) groups is 2. The number of carboxylic acid groups (broad SMARTS) is 1. The molecule has 130 valence electrons. The summed E-state index contributed by atoms with van der Waals surface area (Å²) in [7, 11) is 0. The van der Waals surface area contributed by atoms with Crippen molar-refractivity contribution < 1.29 is 19.1 Å². The quantitative estimate of drug-likeness (QED) is 0.871. The lowest BCUT2D eigenvalue weighted by atomic mass is 10.1. The maximum absolute atomic E-state index is 13.2. The minimum Gasteiger partial charge on any atom is -0.481 e. The van der Waals surface area contributed by atoms with E-state index in [4.69, 9.17) is 0 Å². The highest BCUT2D eigenvalue weighted by atomic mass is 19.1. The standard InChI is InChI=1S/C18H18FN3O3/c19-11-4-6-12(7-5-11)22-14-3-1-2-13(14)15(21-22)16(23)20-10-18(8-9-18)17(24)25/h4-7H,1-3,8-10H2,(H,20,23)(H,24,25). The molecule has 2 aliphatic rings. The van der Waals surface area contributed by atoms with Gasteiger partial charge >= 0.3 is 5.97 Å². The van der Waals surface area contributed by atoms with Crippen molar-refractivity contribution >= 4 is 11.9 Å². The van der Waals surface area contributed by atoms with E-state index in [0.29, 0.717) is 24.2 Å². The van der Waals surface area contributed by atoms with Crippen LogP contribution in [-0.2, 0) is 17.6 Å². The summed E-state index contributed by atoms with van der Waals surface area (Å²) >= 11 is 0. The number of hydrogen-bond donors (Lipinski definition) is 2. The number of amides is 1. The Kier molecular flexibility index (Phi) is 3.59. The molecule has 4 rings (SSSR count). The molecule has 25 heavy (non-hydrogen) atoms. The number of carboxylic acids is 1. The van der Waals surface area contributed by atoms with Crippen LogP contribution in [0.5, 0.6) is 0 Å². The molecule has 0 radical (unpaired) electrons. The first-order valence-electron chi connectivity index (χ1n) is 8.38. The lowest BCUT2D eigenvalue weighted by molar-refractivity contribution is -0.143. The Morgan fingerprint density at radius 2 is 1.96 bits per heavy atom. The molecule has 1 fully saturated rings. The lowest BCUT2D eigenvalue weighted by Crippen LogP contribution is -2.34. The molecule has 2 aliphatic carbocycles. The summed E-state index contributed by atoms with van der Waals surface area (Å²) in [5, 5.41) is 16.4. The molecule has 7 heteroatoms. The summed E-state index contributed by atoms with van der Waals surface area (Å²) < 4.78 is 14.8. The maximum Gasteiger partial charge on any atom is 0.311 e. The van der Waals surface area contributed by atoms with Crippen molar-refractivity contribution in [3.8, 4) is 5.69 Å². The third-order valence-corrected chi connectivity index (χ3v) is 5.11. The molecule has 0 saturated heterocycles. The van der Waals surface area contributed by atoms with Crippen molar-refractivity contribution in [3.63, 3.8) is 0 Å². The van der Waals surface area contributed by atoms with Crippen LogP contribution in [0.25, 0.3) is 5.69 Å². The third-order valence-electron chi connectivity index (χ3n) is 5.11. The predicted molar refractivity (Wildman–Crippen MR) is 87.2 cm³/mol. The zero-order chi connectivity index (χ0) is 17.6. The van der Waals surface area contributed by atoms with Crippen molar-refractivity contribution in [1.82, 2.24) is 15.1 Å². The van der Waals surface area contributed by atoms with Gasteiger partial charge in [0.15, 0.2) is 5.69 Å². The van der Waals surface area contributed by atoms with Crippen LogP contribution in [0.3, 0.4) is 0 Å². The number of nitrogens with zero attached hydrogens (tertiary/aromatic N) is 2. The molecule has 2 N–H and O–H groups in total. The van der Waals surface area contributed by atoms with E-state index in [-0.39, 0.29) is 18.3 Å². The van der Waals surface area contributed by atoms with Gasteiger partial charge in [-0.05, 0) is 56.4 Å². The SMILES string of the molecule is O=C(NCC1(C(=O)O)CC1)c1nn(-c2ccc(F)cc2)c2c1CCC2. The Labute approximate surface area is 143 Å². The highest BCUT2D eigenvalue weighted by Crippen LogP contribution is 2.45. The Bertz CT molecular complexity index is 853. The molecule has 1 heterocycles. The predicted octanol–water partition coefficient (Wildman–Crippen LogP) is 2.09. The van der Waals surface area contributed by atoms with Crippen molar-refractivity contribution in [2.75, 3.05) is 6.54 Å². The molecule has 0 unspecified atom stereocenters. The molecule has 2 aromatic rings. The zero-order valence-corrected chi connectivity index (χ0v) is 13.6. The van der Waals surface area contributed by atoms with Crippen molar-refractivity contribution in [2.45, 2.75) is 32.1 Å². The topological polar surface area (TPSA) is 84.2 Å². The van der Waals surface area contributed by atoms with Crippen LogP contribution >= 0.6 is 0 Å². The summed E-state index contributed by atoms with van der Waals surface area (Å²) in [4.78, 5) is 23.8. The van der Waals surface area contributed by atoms with Crippen LogP contribution in [-0.4, -0.2) is 33.3 Å². The molecule has 1 amide bonds. The smallest absolute Gasteiger partial charge is 0.311 e. The average Bonchev–Trinajstić information content (AvgIpc) is 3.09. The summed E-state index contributed by atoms with van der Waals surface area (Å²) in [6.45, 7) is 0.124. The normalized spacial score (nSPS) is 17.2. The van der Waals surface area contributed by atoms with E-state index in [9.17, 15) is 19.1 Å². The lowest BCUT2D eigenvalue weighted by Gasteiger charge is -2.10. The second-order valence-electron chi connectivity index (χ2n) is 6.78. The van der Waals surface area contributed by atoms with Crippen LogP contribution in [0.15, 0.2) is 24.3 Å². The fraction of sp³-hybridized carbons (Fsp3) is 0.389. The van der Waals surface area contributed by atoms with Gasteiger partial charge in [0.25, 0.3) is 5.91 Å². The van der Waals surface area contributed by atoms with E-state index >= 15 is 0 Å². The molecule has 6 nitrogen and oxygen atoms in total. The fourth-order valence-corrected chi connectivity index (χ4v) is 3.37. The molecule has 1 saturated carbocycles. The number of carbonyl (C=O) groups excluding carboxylic acids is 1. The molecule has 1 aromatic carbocycles. The number of nitrogens with one attached hydrogen (secondary N) is 1. The number of fused-ring (bicyclic) bond motifs is 1. The second kappa shape index (κ2) is 5.68. The van der Waals surface area contributed by atoms with Crippen molar-refractivity contribution in [1.29, 1.82) is 0 Å². The first-order chi connectivity index (χ1) is 12.0. The molecule has 0 aliphatic heterocycles. The van der Waals surface area contributed by atoms with E-state index in [2.05, 4.69) is 10.4 Å². The van der Waals surface area contributed by atoms with Crippen LogP contribution in [0.4, 0.5) is 4.39 Å². The Morgan fingerprint density at radius 3 is 2.60 bits per heavy atom. The van der Waals surface area contributed by atoms with Crippen molar-refractivity contribution in [2.24, 2.45) is 5.41 Å². The van der Waals surface area contributed by atoms with Gasteiger partial charge in [0.2, 0.25) is 0 Å². The van der Waals surface area contributed by atoms with E-state index in [1.807, 2.05) is 0 Å². The van der Waals surface area contributed by atoms with E-state index in [0.717, 1.165) is 30.5 Å². The minimum atomic E-state index is -0.866. The van der Waals surface area contributed by atoms with Gasteiger partial charge in [-0.15, -0.1) is 0 Å². The van der Waals surface area contributed by atoms with E-state index < -0.39 is 11.4 Å². The highest BCUT2D eigenvalue weighted by Gasteiger charge is 2.50. The molecular formula is C18H18FN3O3. The summed E-state index contributed by atoms with van der Waals surface area (Å²) in [5.41, 5.74) is 2.12. The zero-order valence-electron chi connectivity index (χ0n) is 13.6. The molecular weight excluding hydrogens is 325 g/mol. The number of benzene rings is 1. The number of hydrogen-bond acceptors (Lipinski definition) is 3. The largest absolute Gasteiger partial charge is 0.481 e. The minimum absolute atomic E-state index is 0.124. The molecule has 1 aromatic heterocycles. The number of aromatic nitrogens is 2. The van der Waals surface area contributed by atoms with Gasteiger partial charge in [-0.2, -0.15) is 5.10 Å². The van der Waals surface area contributed by atoms with Gasteiger partial charge in [0, 0.05) is 17.8 Å². The summed E-state index contributed by atoms with van der Waals surface area (Å²) in [5.74, 6) is -1.53. The summed E-state index contributed by atoms with van der Waals surface area (Å²) in [6.07, 6.45) is 3.69. The van der Waals surface area contributed by atoms with Crippen LogP contribution < -0.4 is 5.32 Å². The van der Waals surface area contributed by atoms with Gasteiger partial charge in [-0.25, -0.2) is 9.07 Å². The number of rotatable bonds is 5. The molecule has 0 bridgehead atoms. The van der Waals surface area contributed by atoms with Gasteiger partial charge in [-0.3, -0.25) is 9.59 Å². The van der Waals surface area contributed by atoms with E-state index in [1.54, 1.807) is 16.8 Å². The fourth-order valence-electron chi connectivity index (χ4n) is 3.37.